The third-order valence-electron chi connectivity index (χ3n) is 5.90. The fourth-order valence-electron chi connectivity index (χ4n) is 4.00. The molecule has 0 unspecified atom stereocenters. The van der Waals surface area contributed by atoms with Crippen LogP contribution in [0.4, 0.5) is 5.69 Å². The van der Waals surface area contributed by atoms with E-state index in [4.69, 9.17) is 4.74 Å². The van der Waals surface area contributed by atoms with Gasteiger partial charge in [-0.05, 0) is 61.3 Å². The number of anilines is 1. The Labute approximate surface area is 193 Å². The molecule has 7 heteroatoms. The molecule has 0 radical (unpaired) electrons. The number of aromatic nitrogens is 1. The monoisotopic (exact) mass is 450 g/mol. The molecule has 3 aromatic rings. The Balaban J connectivity index is 1.49. The van der Waals surface area contributed by atoms with E-state index in [2.05, 4.69) is 51.8 Å². The minimum atomic E-state index is 0.0272. The van der Waals surface area contributed by atoms with Crippen LogP contribution in [0.1, 0.15) is 38.9 Å². The number of aryl methyl sites for hydroxylation is 1. The molecular weight excluding hydrogens is 420 g/mol. The number of hydrogen-bond acceptors (Lipinski definition) is 6. The number of pyridine rings is 1. The van der Waals surface area contributed by atoms with Gasteiger partial charge in [-0.3, -0.25) is 9.78 Å². The molecule has 0 aliphatic carbocycles. The van der Waals surface area contributed by atoms with Gasteiger partial charge in [0.15, 0.2) is 0 Å². The van der Waals surface area contributed by atoms with Crippen molar-refractivity contribution >= 4 is 22.9 Å². The predicted octanol–water partition coefficient (Wildman–Crippen LogP) is 4.27. The second-order valence-electron chi connectivity index (χ2n) is 8.14. The van der Waals surface area contributed by atoms with Crippen molar-refractivity contribution in [3.05, 3.63) is 75.7 Å². The summed E-state index contributed by atoms with van der Waals surface area (Å²) in [5.74, 6) is 0.888. The van der Waals surface area contributed by atoms with Gasteiger partial charge in [0.1, 0.15) is 11.9 Å². The van der Waals surface area contributed by atoms with E-state index in [0.29, 0.717) is 18.7 Å². The summed E-state index contributed by atoms with van der Waals surface area (Å²) in [4.78, 5) is 22.6. The number of amides is 1. The zero-order chi connectivity index (χ0) is 22.5. The molecule has 1 N–H and O–H groups in total. The molecule has 0 fully saturated rings. The lowest BCUT2D eigenvalue weighted by molar-refractivity contribution is 0.0754. The number of thiophene rings is 1. The number of carbonyl (C=O) groups excluding carboxylic acids is 1. The summed E-state index contributed by atoms with van der Waals surface area (Å²) in [5, 5.41) is 5.30. The fraction of sp³-hybridized carbons (Fsp3) is 0.360. The van der Waals surface area contributed by atoms with Crippen molar-refractivity contribution in [2.75, 3.05) is 38.6 Å². The average Bonchev–Trinajstić information content (AvgIpc) is 3.31. The van der Waals surface area contributed by atoms with Gasteiger partial charge in [0.25, 0.3) is 5.91 Å². The molecule has 1 amide bonds. The highest BCUT2D eigenvalue weighted by atomic mass is 32.1. The Hall–Kier alpha value is -2.90. The Bertz CT molecular complexity index is 1050. The first-order chi connectivity index (χ1) is 15.6. The summed E-state index contributed by atoms with van der Waals surface area (Å²) in [6.45, 7) is 5.01. The average molecular weight is 451 g/mol. The van der Waals surface area contributed by atoms with Crippen LogP contribution in [-0.4, -0.2) is 49.5 Å². The number of hydrogen-bond donors (Lipinski definition) is 1. The van der Waals surface area contributed by atoms with E-state index in [1.807, 2.05) is 31.1 Å². The minimum Gasteiger partial charge on any atom is -0.485 e. The molecule has 1 atom stereocenters. The summed E-state index contributed by atoms with van der Waals surface area (Å²) in [6.07, 6.45) is 4.34. The van der Waals surface area contributed by atoms with Gasteiger partial charge in [-0.2, -0.15) is 0 Å². The van der Waals surface area contributed by atoms with Crippen molar-refractivity contribution in [1.29, 1.82) is 0 Å². The van der Waals surface area contributed by atoms with E-state index >= 15 is 0 Å². The number of nitrogens with one attached hydrogen (secondary N) is 1. The molecule has 4 rings (SSSR count). The van der Waals surface area contributed by atoms with Crippen LogP contribution in [0.15, 0.2) is 54.2 Å². The van der Waals surface area contributed by atoms with Crippen LogP contribution >= 0.6 is 11.3 Å². The van der Waals surface area contributed by atoms with E-state index in [1.54, 1.807) is 23.7 Å². The quantitative estimate of drug-likeness (QED) is 0.555. The van der Waals surface area contributed by atoms with E-state index in [-0.39, 0.29) is 12.0 Å². The van der Waals surface area contributed by atoms with Crippen molar-refractivity contribution < 1.29 is 9.53 Å². The summed E-state index contributed by atoms with van der Waals surface area (Å²) in [7, 11) is 3.98. The smallest absolute Gasteiger partial charge is 0.257 e. The highest BCUT2D eigenvalue weighted by Crippen LogP contribution is 2.30. The van der Waals surface area contributed by atoms with Gasteiger partial charge in [0.05, 0.1) is 11.3 Å². The van der Waals surface area contributed by atoms with Gasteiger partial charge in [0, 0.05) is 50.4 Å². The normalized spacial score (nSPS) is 14.8. The van der Waals surface area contributed by atoms with Crippen molar-refractivity contribution in [3.63, 3.8) is 0 Å². The van der Waals surface area contributed by atoms with Gasteiger partial charge in [-0.15, -0.1) is 11.3 Å². The Morgan fingerprint density at radius 1 is 1.25 bits per heavy atom. The lowest BCUT2D eigenvalue weighted by Crippen LogP contribution is -2.33. The second-order valence-corrected chi connectivity index (χ2v) is 9.12. The first kappa shape index (κ1) is 22.3. The lowest BCUT2D eigenvalue weighted by Gasteiger charge is -2.23. The number of fused-ring (bicyclic) bond motifs is 1. The van der Waals surface area contributed by atoms with Gasteiger partial charge in [0.2, 0.25) is 0 Å². The van der Waals surface area contributed by atoms with E-state index in [0.717, 1.165) is 42.1 Å². The lowest BCUT2D eigenvalue weighted by atomic mass is 10.1. The molecule has 1 aliphatic heterocycles. The number of nitrogens with zero attached hydrogens (tertiary/aromatic N) is 3. The van der Waals surface area contributed by atoms with E-state index in [1.165, 1.54) is 4.88 Å². The Kier molecular flexibility index (Phi) is 7.07. The summed E-state index contributed by atoms with van der Waals surface area (Å²) < 4.78 is 6.36. The van der Waals surface area contributed by atoms with Crippen LogP contribution < -0.4 is 15.0 Å². The molecule has 0 saturated carbocycles. The molecular formula is C25H30N4O2S. The maximum absolute atomic E-state index is 13.2. The number of benzene rings is 1. The van der Waals surface area contributed by atoms with Crippen LogP contribution in [0.3, 0.4) is 0 Å². The van der Waals surface area contributed by atoms with Crippen LogP contribution in [0.5, 0.6) is 5.75 Å². The number of carbonyl (C=O) groups is 1. The van der Waals surface area contributed by atoms with Crippen molar-refractivity contribution in [2.24, 2.45) is 0 Å². The highest BCUT2D eigenvalue weighted by Gasteiger charge is 2.25. The maximum Gasteiger partial charge on any atom is 0.257 e. The zero-order valence-corrected chi connectivity index (χ0v) is 19.7. The minimum absolute atomic E-state index is 0.0272. The van der Waals surface area contributed by atoms with Gasteiger partial charge >= 0.3 is 0 Å². The molecule has 2 aromatic heterocycles. The molecule has 168 valence electrons. The molecule has 6 nitrogen and oxygen atoms in total. The molecule has 32 heavy (non-hydrogen) atoms. The number of likely N-dealkylation sites (N-methyl/N-ethyl adjacent to an activating group) is 1. The standard InChI is InChI=1S/C25H30N4O2S/c1-18-15-20(31-23(9-10-26-2)24-5-4-14-32-24)7-6-19(18)17-29-13-12-28(3)22-8-11-27-16-21(22)25(29)30/h4-8,11,14-16,23,26H,9-10,12-13,17H2,1-3H3/t23-/m0/s1. The van der Waals surface area contributed by atoms with Gasteiger partial charge in [-0.1, -0.05) is 12.1 Å². The molecule has 0 spiro atoms. The molecule has 0 saturated heterocycles. The van der Waals surface area contributed by atoms with Gasteiger partial charge in [-0.25, -0.2) is 0 Å². The van der Waals surface area contributed by atoms with Crippen LogP contribution in [0.25, 0.3) is 0 Å². The van der Waals surface area contributed by atoms with E-state index in [9.17, 15) is 4.79 Å². The van der Waals surface area contributed by atoms with Gasteiger partial charge < -0.3 is 19.9 Å². The predicted molar refractivity (Wildman–Crippen MR) is 130 cm³/mol. The maximum atomic E-state index is 13.2. The largest absolute Gasteiger partial charge is 0.485 e. The van der Waals surface area contributed by atoms with Crippen LogP contribution in [-0.2, 0) is 6.54 Å². The summed E-state index contributed by atoms with van der Waals surface area (Å²) in [6, 6.07) is 12.3. The molecule has 1 aliphatic rings. The molecule has 3 heterocycles. The van der Waals surface area contributed by atoms with Crippen LogP contribution in [0, 0.1) is 6.92 Å². The first-order valence-corrected chi connectivity index (χ1v) is 11.8. The van der Waals surface area contributed by atoms with E-state index < -0.39 is 0 Å². The number of ether oxygens (including phenoxy) is 1. The van der Waals surface area contributed by atoms with Crippen molar-refractivity contribution in [3.8, 4) is 5.75 Å². The topological polar surface area (TPSA) is 57.7 Å². The third-order valence-corrected chi connectivity index (χ3v) is 6.87. The van der Waals surface area contributed by atoms with Crippen molar-refractivity contribution in [1.82, 2.24) is 15.2 Å². The second kappa shape index (κ2) is 10.1. The molecule has 0 bridgehead atoms. The molecule has 1 aromatic carbocycles. The van der Waals surface area contributed by atoms with Crippen molar-refractivity contribution in [2.45, 2.75) is 26.0 Å². The number of rotatable bonds is 8. The zero-order valence-electron chi connectivity index (χ0n) is 18.9. The SMILES string of the molecule is CNCC[C@H](Oc1ccc(CN2CCN(C)c3ccncc3C2=O)c(C)c1)c1cccs1. The Morgan fingerprint density at radius 2 is 2.12 bits per heavy atom. The summed E-state index contributed by atoms with van der Waals surface area (Å²) >= 11 is 1.72. The fourth-order valence-corrected chi connectivity index (χ4v) is 4.79. The summed E-state index contributed by atoms with van der Waals surface area (Å²) in [5.41, 5.74) is 3.85. The third kappa shape index (κ3) is 4.95. The Morgan fingerprint density at radius 3 is 2.88 bits per heavy atom. The van der Waals surface area contributed by atoms with Crippen LogP contribution in [0.2, 0.25) is 0 Å². The highest BCUT2D eigenvalue weighted by molar-refractivity contribution is 7.10. The first-order valence-electron chi connectivity index (χ1n) is 11.0.